The summed E-state index contributed by atoms with van der Waals surface area (Å²) in [4.78, 5) is 0. The summed E-state index contributed by atoms with van der Waals surface area (Å²) in [5, 5.41) is 8.67. The minimum Gasteiger partial charge on any atom is -0.385 e. The van der Waals surface area contributed by atoms with E-state index < -0.39 is 10.0 Å². The molecule has 0 aliphatic carbocycles. The maximum absolute atomic E-state index is 11.8. The Morgan fingerprint density at radius 2 is 2.12 bits per heavy atom. The van der Waals surface area contributed by atoms with Gasteiger partial charge in [0.2, 0.25) is 10.0 Å². The van der Waals surface area contributed by atoms with Crippen molar-refractivity contribution in [1.29, 1.82) is 5.26 Å². The van der Waals surface area contributed by atoms with E-state index in [9.17, 15) is 8.42 Å². The molecule has 0 spiro atoms. The molecule has 0 aromatic rings. The highest BCUT2D eigenvalue weighted by Gasteiger charge is 2.21. The molecule has 0 rings (SSSR count). The van der Waals surface area contributed by atoms with Gasteiger partial charge in [-0.3, -0.25) is 0 Å². The lowest BCUT2D eigenvalue weighted by Crippen LogP contribution is -2.36. The third kappa shape index (κ3) is 5.45. The first-order valence-electron chi connectivity index (χ1n) is 5.34. The fraction of sp³-hybridized carbons (Fsp3) is 0.900. The van der Waals surface area contributed by atoms with Gasteiger partial charge in [-0.15, -0.1) is 0 Å². The van der Waals surface area contributed by atoms with Crippen LogP contribution >= 0.6 is 0 Å². The van der Waals surface area contributed by atoms with E-state index >= 15 is 0 Å². The van der Waals surface area contributed by atoms with Crippen molar-refractivity contribution in [3.63, 3.8) is 0 Å². The number of hydrogen-bond acceptors (Lipinski definition) is 4. The summed E-state index contributed by atoms with van der Waals surface area (Å²) in [6.07, 6.45) is 0.482. The van der Waals surface area contributed by atoms with E-state index in [4.69, 9.17) is 10.00 Å². The van der Waals surface area contributed by atoms with E-state index in [0.717, 1.165) is 0 Å². The lowest BCUT2D eigenvalue weighted by Gasteiger charge is -2.21. The number of nitriles is 1. The van der Waals surface area contributed by atoms with Crippen LogP contribution in [0.25, 0.3) is 0 Å². The SMILES string of the molecule is CCN(CC(C)C#N)S(=O)(=O)CCCOC. The van der Waals surface area contributed by atoms with Crippen molar-refractivity contribution in [3.05, 3.63) is 0 Å². The maximum atomic E-state index is 11.8. The number of ether oxygens (including phenoxy) is 1. The van der Waals surface area contributed by atoms with Gasteiger partial charge >= 0.3 is 0 Å². The minimum atomic E-state index is -3.25. The molecule has 1 atom stereocenters. The van der Waals surface area contributed by atoms with Crippen LogP contribution < -0.4 is 0 Å². The van der Waals surface area contributed by atoms with E-state index in [-0.39, 0.29) is 18.2 Å². The molecular weight excluding hydrogens is 228 g/mol. The smallest absolute Gasteiger partial charge is 0.214 e. The van der Waals surface area contributed by atoms with Crippen molar-refractivity contribution in [3.8, 4) is 6.07 Å². The zero-order chi connectivity index (χ0) is 12.6. The van der Waals surface area contributed by atoms with Crippen LogP contribution in [0.2, 0.25) is 0 Å². The Morgan fingerprint density at radius 3 is 2.56 bits per heavy atom. The van der Waals surface area contributed by atoms with E-state index in [1.165, 1.54) is 4.31 Å². The van der Waals surface area contributed by atoms with Crippen LogP contribution in [0.5, 0.6) is 0 Å². The summed E-state index contributed by atoms with van der Waals surface area (Å²) >= 11 is 0. The second kappa shape index (κ2) is 7.60. The molecule has 0 aromatic carbocycles. The van der Waals surface area contributed by atoms with E-state index in [0.29, 0.717) is 19.6 Å². The van der Waals surface area contributed by atoms with Gasteiger partial charge in [-0.2, -0.15) is 5.26 Å². The first-order chi connectivity index (χ1) is 7.47. The highest BCUT2D eigenvalue weighted by atomic mass is 32.2. The highest BCUT2D eigenvalue weighted by molar-refractivity contribution is 7.89. The van der Waals surface area contributed by atoms with Crippen molar-refractivity contribution in [2.45, 2.75) is 20.3 Å². The molecule has 0 fully saturated rings. The Kier molecular flexibility index (Phi) is 7.30. The molecule has 0 bridgehead atoms. The van der Waals surface area contributed by atoms with Gasteiger partial charge in [-0.1, -0.05) is 6.92 Å². The van der Waals surface area contributed by atoms with E-state index in [2.05, 4.69) is 0 Å². The van der Waals surface area contributed by atoms with Gasteiger partial charge in [0.1, 0.15) is 0 Å². The molecule has 5 nitrogen and oxygen atoms in total. The van der Waals surface area contributed by atoms with Gasteiger partial charge in [0.15, 0.2) is 0 Å². The number of sulfonamides is 1. The van der Waals surface area contributed by atoms with Gasteiger partial charge in [0, 0.05) is 26.8 Å². The molecular formula is C10H20N2O3S. The third-order valence-corrected chi connectivity index (χ3v) is 4.19. The average molecular weight is 248 g/mol. The van der Waals surface area contributed by atoms with Crippen molar-refractivity contribution < 1.29 is 13.2 Å². The lowest BCUT2D eigenvalue weighted by atomic mass is 10.2. The van der Waals surface area contributed by atoms with Crippen LogP contribution in [0.15, 0.2) is 0 Å². The van der Waals surface area contributed by atoms with Crippen molar-refractivity contribution in [2.24, 2.45) is 5.92 Å². The van der Waals surface area contributed by atoms with E-state index in [1.807, 2.05) is 6.07 Å². The predicted molar refractivity (Wildman–Crippen MR) is 62.3 cm³/mol. The molecule has 0 N–H and O–H groups in total. The molecule has 0 aliphatic heterocycles. The first kappa shape index (κ1) is 15.4. The zero-order valence-corrected chi connectivity index (χ0v) is 11.0. The number of methoxy groups -OCH3 is 1. The van der Waals surface area contributed by atoms with E-state index in [1.54, 1.807) is 21.0 Å². The largest absolute Gasteiger partial charge is 0.385 e. The van der Waals surface area contributed by atoms with Gasteiger partial charge in [0.05, 0.1) is 17.7 Å². The average Bonchev–Trinajstić information content (AvgIpc) is 2.25. The molecule has 16 heavy (non-hydrogen) atoms. The van der Waals surface area contributed by atoms with Gasteiger partial charge in [-0.05, 0) is 13.3 Å². The summed E-state index contributed by atoms with van der Waals surface area (Å²) in [6.45, 7) is 4.60. The fourth-order valence-corrected chi connectivity index (χ4v) is 2.89. The first-order valence-corrected chi connectivity index (χ1v) is 6.95. The fourth-order valence-electron chi connectivity index (χ4n) is 1.30. The predicted octanol–water partition coefficient (Wildman–Crippen LogP) is 0.834. The second-order valence-electron chi connectivity index (χ2n) is 3.64. The molecule has 0 aromatic heterocycles. The molecule has 0 amide bonds. The normalized spacial score (nSPS) is 13.7. The summed E-state index contributed by atoms with van der Waals surface area (Å²) in [5.41, 5.74) is 0. The Balaban J connectivity index is 4.38. The highest BCUT2D eigenvalue weighted by Crippen LogP contribution is 2.07. The molecule has 1 unspecified atom stereocenters. The summed E-state index contributed by atoms with van der Waals surface area (Å²) < 4.78 is 29.9. The third-order valence-electron chi connectivity index (χ3n) is 2.19. The Hall–Kier alpha value is -0.640. The van der Waals surface area contributed by atoms with Crippen LogP contribution in [0, 0.1) is 17.2 Å². The summed E-state index contributed by atoms with van der Waals surface area (Å²) in [7, 11) is -1.70. The van der Waals surface area contributed by atoms with Crippen LogP contribution in [0.1, 0.15) is 20.3 Å². The molecule has 0 saturated heterocycles. The van der Waals surface area contributed by atoms with Crippen LogP contribution in [0.4, 0.5) is 0 Å². The minimum absolute atomic E-state index is 0.0762. The van der Waals surface area contributed by atoms with Crippen LogP contribution in [-0.2, 0) is 14.8 Å². The zero-order valence-electron chi connectivity index (χ0n) is 10.1. The number of rotatable bonds is 8. The monoisotopic (exact) mass is 248 g/mol. The number of nitrogens with zero attached hydrogens (tertiary/aromatic N) is 2. The van der Waals surface area contributed by atoms with Crippen LogP contribution in [0.3, 0.4) is 0 Å². The Bertz CT molecular complexity index is 321. The number of hydrogen-bond donors (Lipinski definition) is 0. The quantitative estimate of drug-likeness (QED) is 0.597. The molecule has 6 heteroatoms. The molecule has 0 saturated carbocycles. The van der Waals surface area contributed by atoms with Crippen LogP contribution in [-0.4, -0.2) is 45.3 Å². The van der Waals surface area contributed by atoms with Crippen molar-refractivity contribution >= 4 is 10.0 Å². The van der Waals surface area contributed by atoms with Gasteiger partial charge in [-0.25, -0.2) is 12.7 Å². The van der Waals surface area contributed by atoms with Crippen molar-refractivity contribution in [1.82, 2.24) is 4.31 Å². The Labute approximate surface area is 98.1 Å². The molecule has 94 valence electrons. The topological polar surface area (TPSA) is 70.4 Å². The lowest BCUT2D eigenvalue weighted by molar-refractivity contribution is 0.199. The summed E-state index contributed by atoms with van der Waals surface area (Å²) in [6, 6.07) is 2.04. The molecule has 0 radical (unpaired) electrons. The molecule has 0 aliphatic rings. The van der Waals surface area contributed by atoms with Gasteiger partial charge in [0.25, 0.3) is 0 Å². The maximum Gasteiger partial charge on any atom is 0.214 e. The summed E-state index contributed by atoms with van der Waals surface area (Å²) in [5.74, 6) is -0.204. The molecule has 0 heterocycles. The standard InChI is InChI=1S/C10H20N2O3S/c1-4-12(9-10(2)8-11)16(13,14)7-5-6-15-3/h10H,4-7,9H2,1-3H3. The Morgan fingerprint density at radius 1 is 1.50 bits per heavy atom. The second-order valence-corrected chi connectivity index (χ2v) is 5.73. The van der Waals surface area contributed by atoms with Gasteiger partial charge < -0.3 is 4.74 Å². The van der Waals surface area contributed by atoms with Crippen molar-refractivity contribution in [2.75, 3.05) is 32.6 Å².